The molecular weight excluding hydrogens is 408 g/mol. The van der Waals surface area contributed by atoms with E-state index in [0.29, 0.717) is 25.0 Å². The van der Waals surface area contributed by atoms with E-state index in [1.807, 2.05) is 12.4 Å². The Hall–Kier alpha value is -2.72. The molecule has 172 valence electrons. The van der Waals surface area contributed by atoms with Crippen LogP contribution >= 0.6 is 0 Å². The summed E-state index contributed by atoms with van der Waals surface area (Å²) in [6, 6.07) is 17.4. The maximum Gasteiger partial charge on any atom is 0.233 e. The Morgan fingerprint density at radius 3 is 2.67 bits per heavy atom. The molecule has 1 aromatic heterocycles. The van der Waals surface area contributed by atoms with Gasteiger partial charge in [-0.3, -0.25) is 9.78 Å². The minimum atomic E-state index is -0.432. The molecule has 1 amide bonds. The molecule has 0 spiro atoms. The molecule has 2 aliphatic heterocycles. The Morgan fingerprint density at radius 1 is 1.03 bits per heavy atom. The van der Waals surface area contributed by atoms with Gasteiger partial charge in [0.1, 0.15) is 0 Å². The molecule has 33 heavy (non-hydrogen) atoms. The highest BCUT2D eigenvalue weighted by Gasteiger charge is 2.44. The standard InChI is InChI=1S/C29H34N2O2/c1-22-4-8-27(9-5-22)29(12-17-33-18-13-29)28(32)31-15-2-3-23(11-16-31)19-24-6-7-26-21-30-14-10-25(26)20-24/h4-10,14,20-21,23H,2-3,11-13,15-19H2,1H3/t23-/m1/s1. The van der Waals surface area contributed by atoms with Crippen molar-refractivity contribution < 1.29 is 9.53 Å². The predicted octanol–water partition coefficient (Wildman–Crippen LogP) is 5.46. The topological polar surface area (TPSA) is 42.4 Å². The lowest BCUT2D eigenvalue weighted by atomic mass is 9.72. The Bertz CT molecular complexity index is 1100. The minimum Gasteiger partial charge on any atom is -0.381 e. The molecular formula is C29H34N2O2. The van der Waals surface area contributed by atoms with Crippen LogP contribution in [0.15, 0.2) is 60.9 Å². The lowest BCUT2D eigenvalue weighted by Crippen LogP contribution is -2.50. The number of aryl methyl sites for hydroxylation is 1. The number of nitrogens with zero attached hydrogens (tertiary/aromatic N) is 2. The Balaban J connectivity index is 1.29. The highest BCUT2D eigenvalue weighted by atomic mass is 16.5. The summed E-state index contributed by atoms with van der Waals surface area (Å²) in [6.45, 7) is 5.15. The molecule has 5 rings (SSSR count). The normalized spacial score (nSPS) is 21.0. The maximum absolute atomic E-state index is 14.0. The summed E-state index contributed by atoms with van der Waals surface area (Å²) in [4.78, 5) is 20.4. The molecule has 1 atom stereocenters. The number of hydrogen-bond acceptors (Lipinski definition) is 3. The van der Waals surface area contributed by atoms with Gasteiger partial charge in [0.15, 0.2) is 0 Å². The van der Waals surface area contributed by atoms with Crippen molar-refractivity contribution in [3.05, 3.63) is 77.6 Å². The molecule has 2 fully saturated rings. The lowest BCUT2D eigenvalue weighted by molar-refractivity contribution is -0.141. The van der Waals surface area contributed by atoms with Gasteiger partial charge in [0, 0.05) is 44.1 Å². The smallest absolute Gasteiger partial charge is 0.233 e. The highest BCUT2D eigenvalue weighted by Crippen LogP contribution is 2.38. The third-order valence-corrected chi connectivity index (χ3v) is 7.72. The van der Waals surface area contributed by atoms with Crippen LogP contribution in [0, 0.1) is 12.8 Å². The van der Waals surface area contributed by atoms with E-state index in [9.17, 15) is 4.79 Å². The second-order valence-corrected chi connectivity index (χ2v) is 9.91. The van der Waals surface area contributed by atoms with Gasteiger partial charge in [-0.25, -0.2) is 0 Å². The molecule has 0 radical (unpaired) electrons. The van der Waals surface area contributed by atoms with Gasteiger partial charge in [0.05, 0.1) is 5.41 Å². The first-order valence-corrected chi connectivity index (χ1v) is 12.4. The Kier molecular flexibility index (Phi) is 6.45. The molecule has 0 N–H and O–H groups in total. The van der Waals surface area contributed by atoms with Crippen LogP contribution in [-0.2, 0) is 21.4 Å². The van der Waals surface area contributed by atoms with Crippen LogP contribution in [0.5, 0.6) is 0 Å². The number of amides is 1. The van der Waals surface area contributed by atoms with Crippen molar-refractivity contribution >= 4 is 16.7 Å². The number of carbonyl (C=O) groups excluding carboxylic acids is 1. The van der Waals surface area contributed by atoms with Crippen molar-refractivity contribution in [1.29, 1.82) is 0 Å². The van der Waals surface area contributed by atoms with Crippen LogP contribution in [-0.4, -0.2) is 42.1 Å². The quantitative estimate of drug-likeness (QED) is 0.539. The number of ether oxygens (including phenoxy) is 1. The first-order chi connectivity index (χ1) is 16.1. The number of carbonyl (C=O) groups is 1. The monoisotopic (exact) mass is 442 g/mol. The number of pyridine rings is 1. The average Bonchev–Trinajstić information content (AvgIpc) is 3.10. The fourth-order valence-corrected chi connectivity index (χ4v) is 5.69. The van der Waals surface area contributed by atoms with E-state index in [1.165, 1.54) is 28.3 Å². The zero-order valence-electron chi connectivity index (χ0n) is 19.6. The van der Waals surface area contributed by atoms with Crippen LogP contribution in [0.2, 0.25) is 0 Å². The summed E-state index contributed by atoms with van der Waals surface area (Å²) in [6.07, 6.45) is 9.75. The van der Waals surface area contributed by atoms with Crippen molar-refractivity contribution in [2.45, 2.75) is 50.9 Å². The highest BCUT2D eigenvalue weighted by molar-refractivity contribution is 5.88. The van der Waals surface area contributed by atoms with Crippen molar-refractivity contribution in [3.8, 4) is 0 Å². The fourth-order valence-electron chi connectivity index (χ4n) is 5.69. The summed E-state index contributed by atoms with van der Waals surface area (Å²) in [5.74, 6) is 0.931. The van der Waals surface area contributed by atoms with Crippen LogP contribution in [0.25, 0.3) is 10.8 Å². The van der Waals surface area contributed by atoms with E-state index in [1.54, 1.807) is 0 Å². The molecule has 0 unspecified atom stereocenters. The van der Waals surface area contributed by atoms with Crippen LogP contribution in [0.3, 0.4) is 0 Å². The minimum absolute atomic E-state index is 0.313. The molecule has 2 aromatic carbocycles. The SMILES string of the molecule is Cc1ccc(C2(C(=O)N3CCC[C@@H](Cc4ccc5cnccc5c4)CC3)CCOCC2)cc1. The van der Waals surface area contributed by atoms with E-state index in [4.69, 9.17) is 4.74 Å². The third kappa shape index (κ3) is 4.67. The number of fused-ring (bicyclic) bond motifs is 1. The average molecular weight is 443 g/mol. The molecule has 0 saturated carbocycles. The second-order valence-electron chi connectivity index (χ2n) is 9.91. The van der Waals surface area contributed by atoms with Crippen molar-refractivity contribution in [2.75, 3.05) is 26.3 Å². The first kappa shape index (κ1) is 22.1. The summed E-state index contributed by atoms with van der Waals surface area (Å²) in [5, 5.41) is 2.45. The van der Waals surface area contributed by atoms with Crippen molar-refractivity contribution in [2.24, 2.45) is 5.92 Å². The number of benzene rings is 2. The van der Waals surface area contributed by atoms with Crippen molar-refractivity contribution in [3.63, 3.8) is 0 Å². The largest absolute Gasteiger partial charge is 0.381 e. The van der Waals surface area contributed by atoms with E-state index in [-0.39, 0.29) is 0 Å². The van der Waals surface area contributed by atoms with Crippen LogP contribution in [0.1, 0.15) is 48.8 Å². The number of rotatable bonds is 4. The molecule has 3 heterocycles. The summed E-state index contributed by atoms with van der Waals surface area (Å²) in [7, 11) is 0. The van der Waals surface area contributed by atoms with Crippen LogP contribution in [0.4, 0.5) is 0 Å². The van der Waals surface area contributed by atoms with E-state index < -0.39 is 5.41 Å². The number of likely N-dealkylation sites (tertiary alicyclic amines) is 1. The van der Waals surface area contributed by atoms with Gasteiger partial charge < -0.3 is 9.64 Å². The Morgan fingerprint density at radius 2 is 1.85 bits per heavy atom. The van der Waals surface area contributed by atoms with Gasteiger partial charge in [-0.1, -0.05) is 48.0 Å². The van der Waals surface area contributed by atoms with E-state index in [0.717, 1.165) is 50.8 Å². The second kappa shape index (κ2) is 9.64. The molecule has 0 bridgehead atoms. The summed E-state index contributed by atoms with van der Waals surface area (Å²) < 4.78 is 5.67. The summed E-state index contributed by atoms with van der Waals surface area (Å²) in [5.41, 5.74) is 3.35. The molecule has 0 aliphatic carbocycles. The fraction of sp³-hybridized carbons (Fsp3) is 0.448. The molecule has 2 aliphatic rings. The maximum atomic E-state index is 14.0. The Labute approximate surface area is 197 Å². The van der Waals surface area contributed by atoms with Gasteiger partial charge in [-0.15, -0.1) is 0 Å². The van der Waals surface area contributed by atoms with Gasteiger partial charge >= 0.3 is 0 Å². The van der Waals surface area contributed by atoms with E-state index in [2.05, 4.69) is 65.3 Å². The lowest BCUT2D eigenvalue weighted by Gasteiger charge is -2.40. The molecule has 4 heteroatoms. The molecule has 3 aromatic rings. The number of hydrogen-bond donors (Lipinski definition) is 0. The van der Waals surface area contributed by atoms with Gasteiger partial charge in [-0.2, -0.15) is 0 Å². The van der Waals surface area contributed by atoms with Crippen molar-refractivity contribution in [1.82, 2.24) is 9.88 Å². The van der Waals surface area contributed by atoms with Gasteiger partial charge in [0.25, 0.3) is 0 Å². The van der Waals surface area contributed by atoms with Crippen LogP contribution < -0.4 is 0 Å². The summed E-state index contributed by atoms with van der Waals surface area (Å²) >= 11 is 0. The first-order valence-electron chi connectivity index (χ1n) is 12.4. The molecule has 4 nitrogen and oxygen atoms in total. The predicted molar refractivity (Wildman–Crippen MR) is 132 cm³/mol. The van der Waals surface area contributed by atoms with Gasteiger partial charge in [0.2, 0.25) is 5.91 Å². The third-order valence-electron chi connectivity index (χ3n) is 7.72. The molecule has 2 saturated heterocycles. The van der Waals surface area contributed by atoms with Gasteiger partial charge in [-0.05, 0) is 73.9 Å². The van der Waals surface area contributed by atoms with E-state index >= 15 is 0 Å². The zero-order chi connectivity index (χ0) is 22.7. The zero-order valence-corrected chi connectivity index (χ0v) is 19.6. The number of aromatic nitrogens is 1.